The molecule has 0 radical (unpaired) electrons. The van der Waals surface area contributed by atoms with Crippen LogP contribution < -0.4 is 4.74 Å². The summed E-state index contributed by atoms with van der Waals surface area (Å²) < 4.78 is 41.4. The van der Waals surface area contributed by atoms with Crippen LogP contribution in [0.1, 0.15) is 15.9 Å². The molecule has 0 aromatic heterocycles. The number of halogens is 3. The standard InChI is InChI=1S/C9H7F3O3/c1-15-7-3-6(9(10,11)12)2-5(4-13)8(7)14/h2-4,14H,1H3. The molecule has 0 saturated heterocycles. The van der Waals surface area contributed by atoms with E-state index in [1.54, 1.807) is 0 Å². The maximum Gasteiger partial charge on any atom is 0.416 e. The molecule has 82 valence electrons. The van der Waals surface area contributed by atoms with E-state index in [2.05, 4.69) is 4.74 Å². The molecule has 1 aromatic rings. The normalized spacial score (nSPS) is 11.2. The van der Waals surface area contributed by atoms with Gasteiger partial charge in [-0.25, -0.2) is 0 Å². The Kier molecular flexibility index (Phi) is 2.88. The SMILES string of the molecule is COc1cc(C(F)(F)F)cc(C=O)c1O. The molecule has 0 saturated carbocycles. The van der Waals surface area contributed by atoms with Crippen molar-refractivity contribution in [2.24, 2.45) is 0 Å². The highest BCUT2D eigenvalue weighted by Gasteiger charge is 2.32. The monoisotopic (exact) mass is 220 g/mol. The first-order valence-electron chi connectivity index (χ1n) is 3.83. The van der Waals surface area contributed by atoms with E-state index in [9.17, 15) is 23.1 Å². The fourth-order valence-electron chi connectivity index (χ4n) is 1.04. The summed E-state index contributed by atoms with van der Waals surface area (Å²) in [5, 5.41) is 9.26. The lowest BCUT2D eigenvalue weighted by Crippen LogP contribution is -2.06. The number of hydrogen-bond donors (Lipinski definition) is 1. The van der Waals surface area contributed by atoms with E-state index < -0.39 is 23.1 Å². The molecule has 1 aromatic carbocycles. The lowest BCUT2D eigenvalue weighted by molar-refractivity contribution is -0.137. The topological polar surface area (TPSA) is 46.5 Å². The molecule has 0 aliphatic carbocycles. The summed E-state index contributed by atoms with van der Waals surface area (Å²) in [6.07, 6.45) is -4.45. The first-order valence-corrected chi connectivity index (χ1v) is 3.83. The lowest BCUT2D eigenvalue weighted by atomic mass is 10.1. The Bertz CT molecular complexity index is 385. The van der Waals surface area contributed by atoms with E-state index in [-0.39, 0.29) is 12.0 Å². The van der Waals surface area contributed by atoms with Crippen LogP contribution in [0.5, 0.6) is 11.5 Å². The van der Waals surface area contributed by atoms with Crippen LogP contribution in [0.25, 0.3) is 0 Å². The van der Waals surface area contributed by atoms with Gasteiger partial charge in [-0.05, 0) is 12.1 Å². The summed E-state index contributed by atoms with van der Waals surface area (Å²) in [5.74, 6) is -0.979. The highest BCUT2D eigenvalue weighted by atomic mass is 19.4. The minimum absolute atomic E-state index is 0.132. The summed E-state index contributed by atoms with van der Waals surface area (Å²) >= 11 is 0. The molecular formula is C9H7F3O3. The molecule has 0 aliphatic heterocycles. The Labute approximate surface area is 83.1 Å². The molecule has 0 bridgehead atoms. The molecule has 3 nitrogen and oxygen atoms in total. The fourth-order valence-corrected chi connectivity index (χ4v) is 1.04. The van der Waals surface area contributed by atoms with Gasteiger partial charge in [0.15, 0.2) is 17.8 Å². The van der Waals surface area contributed by atoms with E-state index in [0.717, 1.165) is 7.11 Å². The number of methoxy groups -OCH3 is 1. The molecule has 1 rings (SSSR count). The van der Waals surface area contributed by atoms with Gasteiger partial charge < -0.3 is 9.84 Å². The molecule has 0 aliphatic rings. The van der Waals surface area contributed by atoms with E-state index >= 15 is 0 Å². The number of phenols is 1. The van der Waals surface area contributed by atoms with Crippen LogP contribution in [0.2, 0.25) is 0 Å². The van der Waals surface area contributed by atoms with Crippen molar-refractivity contribution < 1.29 is 27.8 Å². The van der Waals surface area contributed by atoms with Crippen LogP contribution >= 0.6 is 0 Å². The van der Waals surface area contributed by atoms with E-state index in [1.165, 1.54) is 0 Å². The van der Waals surface area contributed by atoms with Crippen LogP contribution in [0.15, 0.2) is 12.1 Å². The molecule has 0 heterocycles. The predicted molar refractivity (Wildman–Crippen MR) is 45.0 cm³/mol. The minimum Gasteiger partial charge on any atom is -0.504 e. The van der Waals surface area contributed by atoms with Crippen molar-refractivity contribution >= 4 is 6.29 Å². The summed E-state index contributed by atoms with van der Waals surface area (Å²) in [7, 11) is 1.10. The number of aromatic hydroxyl groups is 1. The number of phenolic OH excluding ortho intramolecular Hbond substituents is 1. The van der Waals surface area contributed by atoms with Gasteiger partial charge >= 0.3 is 6.18 Å². The largest absolute Gasteiger partial charge is 0.504 e. The smallest absolute Gasteiger partial charge is 0.416 e. The van der Waals surface area contributed by atoms with Crippen LogP contribution in [0.3, 0.4) is 0 Å². The van der Waals surface area contributed by atoms with Gasteiger partial charge in [0.1, 0.15) is 0 Å². The maximum absolute atomic E-state index is 12.3. The van der Waals surface area contributed by atoms with Crippen molar-refractivity contribution in [1.29, 1.82) is 0 Å². The highest BCUT2D eigenvalue weighted by molar-refractivity contribution is 5.81. The van der Waals surface area contributed by atoms with Gasteiger partial charge in [-0.15, -0.1) is 0 Å². The van der Waals surface area contributed by atoms with Crippen molar-refractivity contribution in [3.63, 3.8) is 0 Å². The van der Waals surface area contributed by atoms with Gasteiger partial charge in [0, 0.05) is 0 Å². The van der Waals surface area contributed by atoms with Gasteiger partial charge in [-0.3, -0.25) is 4.79 Å². The number of hydrogen-bond acceptors (Lipinski definition) is 3. The Morgan fingerprint density at radius 3 is 2.40 bits per heavy atom. The number of ether oxygens (including phenoxy) is 1. The van der Waals surface area contributed by atoms with Gasteiger partial charge in [0.25, 0.3) is 0 Å². The van der Waals surface area contributed by atoms with Gasteiger partial charge in [0.2, 0.25) is 0 Å². The molecule has 1 N–H and O–H groups in total. The van der Waals surface area contributed by atoms with Crippen molar-refractivity contribution in [2.45, 2.75) is 6.18 Å². The van der Waals surface area contributed by atoms with Gasteiger partial charge in [0.05, 0.1) is 18.2 Å². The molecule has 0 atom stereocenters. The third-order valence-electron chi connectivity index (χ3n) is 1.78. The fraction of sp³-hybridized carbons (Fsp3) is 0.222. The van der Waals surface area contributed by atoms with Crippen molar-refractivity contribution in [3.05, 3.63) is 23.3 Å². The molecule has 0 amide bonds. The second-order valence-corrected chi connectivity index (χ2v) is 2.73. The van der Waals surface area contributed by atoms with Gasteiger partial charge in [-0.1, -0.05) is 0 Å². The number of carbonyl (C=O) groups is 1. The summed E-state index contributed by atoms with van der Waals surface area (Å²) in [6.45, 7) is 0. The Morgan fingerprint density at radius 1 is 1.40 bits per heavy atom. The summed E-state index contributed by atoms with van der Waals surface area (Å²) in [6, 6.07) is 1.19. The highest BCUT2D eigenvalue weighted by Crippen LogP contribution is 2.37. The second kappa shape index (κ2) is 3.80. The first kappa shape index (κ1) is 11.4. The Balaban J connectivity index is 3.40. The van der Waals surface area contributed by atoms with E-state index in [1.807, 2.05) is 0 Å². The minimum atomic E-state index is -4.58. The van der Waals surface area contributed by atoms with Crippen molar-refractivity contribution in [3.8, 4) is 11.5 Å². The average molecular weight is 220 g/mol. The predicted octanol–water partition coefficient (Wildman–Crippen LogP) is 2.23. The number of benzene rings is 1. The molecule has 0 spiro atoms. The third-order valence-corrected chi connectivity index (χ3v) is 1.78. The second-order valence-electron chi connectivity index (χ2n) is 2.73. The first-order chi connectivity index (χ1) is 6.90. The van der Waals surface area contributed by atoms with Gasteiger partial charge in [-0.2, -0.15) is 13.2 Å². The summed E-state index contributed by atoms with van der Waals surface area (Å²) in [4.78, 5) is 10.4. The average Bonchev–Trinajstić information content (AvgIpc) is 2.16. The molecule has 0 unspecified atom stereocenters. The zero-order valence-corrected chi connectivity index (χ0v) is 7.63. The summed E-state index contributed by atoms with van der Waals surface area (Å²) in [5.41, 5.74) is -1.50. The Morgan fingerprint density at radius 2 is 2.00 bits per heavy atom. The van der Waals surface area contributed by atoms with Crippen LogP contribution in [-0.2, 0) is 6.18 Å². The zero-order valence-electron chi connectivity index (χ0n) is 7.63. The molecule has 0 fully saturated rings. The van der Waals surface area contributed by atoms with Crippen molar-refractivity contribution in [2.75, 3.05) is 7.11 Å². The maximum atomic E-state index is 12.3. The Hall–Kier alpha value is -1.72. The number of rotatable bonds is 2. The van der Waals surface area contributed by atoms with E-state index in [4.69, 9.17) is 0 Å². The molecule has 6 heteroatoms. The van der Waals surface area contributed by atoms with Crippen molar-refractivity contribution in [1.82, 2.24) is 0 Å². The van der Waals surface area contributed by atoms with Crippen LogP contribution in [0.4, 0.5) is 13.2 Å². The molecular weight excluding hydrogens is 213 g/mol. The number of alkyl halides is 3. The van der Waals surface area contributed by atoms with Crippen LogP contribution in [-0.4, -0.2) is 18.5 Å². The van der Waals surface area contributed by atoms with E-state index in [0.29, 0.717) is 12.1 Å². The number of aldehydes is 1. The third kappa shape index (κ3) is 2.20. The number of carbonyl (C=O) groups excluding carboxylic acids is 1. The zero-order chi connectivity index (χ0) is 11.6. The van der Waals surface area contributed by atoms with Crippen LogP contribution in [0, 0.1) is 0 Å². The quantitative estimate of drug-likeness (QED) is 0.777. The lowest BCUT2D eigenvalue weighted by Gasteiger charge is -2.11. The molecule has 15 heavy (non-hydrogen) atoms.